The number of benzene rings is 1. The number of hydrogen-bond donors (Lipinski definition) is 1. The van der Waals surface area contributed by atoms with Gasteiger partial charge in [-0.1, -0.05) is 0 Å². The minimum atomic E-state index is -0.0841. The molecule has 0 spiro atoms. The number of fused-ring (bicyclic) bond motifs is 1. The second-order valence-electron chi connectivity index (χ2n) is 5.69. The van der Waals surface area contributed by atoms with Crippen LogP contribution in [-0.4, -0.2) is 55.2 Å². The predicted molar refractivity (Wildman–Crippen MR) is 82.0 cm³/mol. The van der Waals surface area contributed by atoms with Gasteiger partial charge in [0.1, 0.15) is 6.54 Å². The molecule has 6 nitrogen and oxygen atoms in total. The van der Waals surface area contributed by atoms with Crippen molar-refractivity contribution in [1.82, 2.24) is 10.2 Å². The molecule has 1 aromatic carbocycles. The molecule has 0 saturated carbocycles. The van der Waals surface area contributed by atoms with Crippen LogP contribution in [0.15, 0.2) is 18.2 Å². The van der Waals surface area contributed by atoms with Gasteiger partial charge in [0.15, 0.2) is 5.78 Å². The number of nitrogens with zero attached hydrogens (tertiary/aromatic N) is 2. The fraction of sp³-hybridized carbons (Fsp3) is 0.438. The Morgan fingerprint density at radius 1 is 1.23 bits per heavy atom. The molecule has 1 saturated heterocycles. The Bertz CT molecular complexity index is 636. The van der Waals surface area contributed by atoms with Gasteiger partial charge in [-0.2, -0.15) is 0 Å². The smallest absolute Gasteiger partial charge is 0.242 e. The van der Waals surface area contributed by atoms with Crippen molar-refractivity contribution >= 4 is 23.3 Å². The van der Waals surface area contributed by atoms with Gasteiger partial charge in [-0.15, -0.1) is 0 Å². The van der Waals surface area contributed by atoms with Crippen molar-refractivity contribution in [1.29, 1.82) is 0 Å². The molecule has 0 unspecified atom stereocenters. The number of carbonyl (C=O) groups excluding carboxylic acids is 3. The van der Waals surface area contributed by atoms with E-state index >= 15 is 0 Å². The van der Waals surface area contributed by atoms with Gasteiger partial charge in [0.05, 0.1) is 6.42 Å². The molecule has 0 atom stereocenters. The average Bonchev–Trinajstić information content (AvgIpc) is 2.83. The highest BCUT2D eigenvalue weighted by atomic mass is 16.2. The lowest BCUT2D eigenvalue weighted by atomic mass is 10.1. The first-order valence-electron chi connectivity index (χ1n) is 7.49. The molecule has 1 fully saturated rings. The van der Waals surface area contributed by atoms with Crippen LogP contribution in [0.25, 0.3) is 0 Å². The maximum Gasteiger partial charge on any atom is 0.242 e. The van der Waals surface area contributed by atoms with Crippen LogP contribution < -0.4 is 10.2 Å². The summed E-state index contributed by atoms with van der Waals surface area (Å²) < 4.78 is 0. The largest absolute Gasteiger partial charge is 0.339 e. The topological polar surface area (TPSA) is 69.7 Å². The van der Waals surface area contributed by atoms with Crippen LogP contribution in [-0.2, 0) is 16.0 Å². The van der Waals surface area contributed by atoms with E-state index < -0.39 is 0 Å². The Hall–Kier alpha value is -2.21. The van der Waals surface area contributed by atoms with Crippen LogP contribution in [0.5, 0.6) is 0 Å². The summed E-state index contributed by atoms with van der Waals surface area (Å²) in [4.78, 5) is 39.3. The lowest BCUT2D eigenvalue weighted by Gasteiger charge is -2.29. The number of carbonyl (C=O) groups is 3. The van der Waals surface area contributed by atoms with Crippen LogP contribution in [0.4, 0.5) is 5.69 Å². The van der Waals surface area contributed by atoms with Gasteiger partial charge in [0.25, 0.3) is 0 Å². The van der Waals surface area contributed by atoms with Crippen molar-refractivity contribution < 1.29 is 14.4 Å². The Balaban J connectivity index is 1.77. The number of Topliss-reactive ketones (excluding diaryl/α,β-unsaturated/α-hetero) is 1. The third kappa shape index (κ3) is 2.74. The van der Waals surface area contributed by atoms with Crippen LogP contribution in [0.3, 0.4) is 0 Å². The highest BCUT2D eigenvalue weighted by molar-refractivity contribution is 6.06. The van der Waals surface area contributed by atoms with Crippen molar-refractivity contribution in [3.05, 3.63) is 29.3 Å². The first-order valence-corrected chi connectivity index (χ1v) is 7.49. The molecule has 22 heavy (non-hydrogen) atoms. The third-order valence-electron chi connectivity index (χ3n) is 4.18. The highest BCUT2D eigenvalue weighted by Crippen LogP contribution is 2.29. The first-order chi connectivity index (χ1) is 10.6. The van der Waals surface area contributed by atoms with Crippen LogP contribution in [0.2, 0.25) is 0 Å². The minimum Gasteiger partial charge on any atom is -0.339 e. The monoisotopic (exact) mass is 301 g/mol. The number of ketones is 1. The fourth-order valence-electron chi connectivity index (χ4n) is 2.92. The number of hydrogen-bond acceptors (Lipinski definition) is 4. The molecule has 6 heteroatoms. The number of anilines is 1. The van der Waals surface area contributed by atoms with E-state index in [4.69, 9.17) is 0 Å². The molecule has 3 rings (SSSR count). The summed E-state index contributed by atoms with van der Waals surface area (Å²) in [6.45, 7) is 4.51. The second kappa shape index (κ2) is 5.88. The molecule has 1 N–H and O–H groups in total. The Kier molecular flexibility index (Phi) is 3.94. The quantitative estimate of drug-likeness (QED) is 0.810. The Morgan fingerprint density at radius 2 is 1.95 bits per heavy atom. The lowest BCUT2D eigenvalue weighted by Crippen LogP contribution is -2.50. The van der Waals surface area contributed by atoms with Crippen LogP contribution >= 0.6 is 0 Å². The molecule has 0 aliphatic carbocycles. The van der Waals surface area contributed by atoms with Gasteiger partial charge in [0, 0.05) is 37.4 Å². The zero-order valence-corrected chi connectivity index (χ0v) is 12.6. The zero-order chi connectivity index (χ0) is 15.7. The van der Waals surface area contributed by atoms with E-state index in [1.807, 2.05) is 0 Å². The Labute approximate surface area is 129 Å². The van der Waals surface area contributed by atoms with E-state index in [1.165, 1.54) is 11.8 Å². The first kappa shape index (κ1) is 14.7. The van der Waals surface area contributed by atoms with Gasteiger partial charge in [-0.25, -0.2) is 0 Å². The summed E-state index contributed by atoms with van der Waals surface area (Å²) >= 11 is 0. The number of amides is 2. The van der Waals surface area contributed by atoms with Crippen molar-refractivity contribution in [3.8, 4) is 0 Å². The molecular formula is C16H19N3O3. The normalized spacial score (nSPS) is 17.6. The van der Waals surface area contributed by atoms with E-state index in [0.29, 0.717) is 18.7 Å². The molecule has 2 heterocycles. The predicted octanol–water partition coefficient (Wildman–Crippen LogP) is 0.210. The van der Waals surface area contributed by atoms with Gasteiger partial charge in [0.2, 0.25) is 11.8 Å². The average molecular weight is 301 g/mol. The second-order valence-corrected chi connectivity index (χ2v) is 5.69. The highest BCUT2D eigenvalue weighted by Gasteiger charge is 2.30. The SMILES string of the molecule is CC(=O)c1ccc2c(c1)CC(=O)N2CC(=O)N1CCNCC1. The van der Waals surface area contributed by atoms with E-state index in [9.17, 15) is 14.4 Å². The summed E-state index contributed by atoms with van der Waals surface area (Å²) in [5, 5.41) is 3.20. The summed E-state index contributed by atoms with van der Waals surface area (Å²) in [5.74, 6) is -0.136. The minimum absolute atomic E-state index is 0.0226. The van der Waals surface area contributed by atoms with Crippen molar-refractivity contribution in [2.45, 2.75) is 13.3 Å². The molecule has 0 radical (unpaired) electrons. The third-order valence-corrected chi connectivity index (χ3v) is 4.18. The fourth-order valence-corrected chi connectivity index (χ4v) is 2.92. The maximum absolute atomic E-state index is 12.3. The molecule has 0 bridgehead atoms. The van der Waals surface area contributed by atoms with Crippen LogP contribution in [0, 0.1) is 0 Å². The van der Waals surface area contributed by atoms with Gasteiger partial charge in [-0.05, 0) is 30.7 Å². The molecular weight excluding hydrogens is 282 g/mol. The zero-order valence-electron chi connectivity index (χ0n) is 12.6. The molecule has 2 aliphatic heterocycles. The van der Waals surface area contributed by atoms with E-state index in [-0.39, 0.29) is 30.6 Å². The molecule has 2 amide bonds. The van der Waals surface area contributed by atoms with Gasteiger partial charge in [-0.3, -0.25) is 14.4 Å². The molecule has 0 aromatic heterocycles. The lowest BCUT2D eigenvalue weighted by molar-refractivity contribution is -0.131. The Morgan fingerprint density at radius 3 is 2.64 bits per heavy atom. The van der Waals surface area contributed by atoms with Crippen molar-refractivity contribution in [2.75, 3.05) is 37.6 Å². The summed E-state index contributed by atoms with van der Waals surface area (Å²) in [7, 11) is 0. The summed E-state index contributed by atoms with van der Waals surface area (Å²) in [5.41, 5.74) is 2.17. The van der Waals surface area contributed by atoms with E-state index in [0.717, 1.165) is 24.3 Å². The van der Waals surface area contributed by atoms with E-state index in [2.05, 4.69) is 5.32 Å². The molecule has 1 aromatic rings. The number of nitrogens with one attached hydrogen (secondary N) is 1. The number of rotatable bonds is 3. The summed E-state index contributed by atoms with van der Waals surface area (Å²) in [6, 6.07) is 5.23. The number of piperazine rings is 1. The standard InChI is InChI=1S/C16H19N3O3/c1-11(20)12-2-3-14-13(8-12)9-15(21)19(14)10-16(22)18-6-4-17-5-7-18/h2-3,8,17H,4-7,9-10H2,1H3. The van der Waals surface area contributed by atoms with Crippen LogP contribution in [0.1, 0.15) is 22.8 Å². The van der Waals surface area contributed by atoms with Gasteiger partial charge >= 0.3 is 0 Å². The molecule has 2 aliphatic rings. The van der Waals surface area contributed by atoms with Crippen molar-refractivity contribution in [2.24, 2.45) is 0 Å². The maximum atomic E-state index is 12.3. The summed E-state index contributed by atoms with van der Waals surface area (Å²) in [6.07, 6.45) is 0.255. The van der Waals surface area contributed by atoms with Crippen molar-refractivity contribution in [3.63, 3.8) is 0 Å². The van der Waals surface area contributed by atoms with E-state index in [1.54, 1.807) is 23.1 Å². The van der Waals surface area contributed by atoms with Gasteiger partial charge < -0.3 is 15.1 Å². The molecule has 116 valence electrons.